The number of hydrogen-bond donors (Lipinski definition) is 1. The molecule has 20 heavy (non-hydrogen) atoms. The normalized spacial score (nSPS) is 10.5. The van der Waals surface area contributed by atoms with Gasteiger partial charge in [-0.2, -0.15) is 5.10 Å². The average Bonchev–Trinajstić information content (AvgIpc) is 2.49. The quantitative estimate of drug-likeness (QED) is 0.504. The minimum atomic E-state index is -0.272. The number of halogens is 1. The van der Waals surface area contributed by atoms with Crippen molar-refractivity contribution < 1.29 is 9.53 Å². The van der Waals surface area contributed by atoms with Gasteiger partial charge in [0.2, 0.25) is 0 Å². The number of carbonyl (C=O) groups excluding carboxylic acids is 1. The number of rotatable bonds is 4. The van der Waals surface area contributed by atoms with Crippen molar-refractivity contribution in [3.05, 3.63) is 63.2 Å². The molecule has 0 radical (unpaired) electrons. The lowest BCUT2D eigenvalue weighted by Crippen LogP contribution is -2.17. The Bertz CT molecular complexity index is 641. The van der Waals surface area contributed by atoms with Crippen LogP contribution < -0.4 is 10.2 Å². The summed E-state index contributed by atoms with van der Waals surface area (Å²) in [5, 5.41) is 3.96. The summed E-state index contributed by atoms with van der Waals surface area (Å²) in [4.78, 5) is 11.9. The van der Waals surface area contributed by atoms with E-state index >= 15 is 0 Å². The molecular weight excluding hydrogens is 367 g/mol. The number of nitrogens with one attached hydrogen (secondary N) is 1. The smallest absolute Gasteiger partial charge is 0.271 e. The van der Waals surface area contributed by atoms with Crippen molar-refractivity contribution in [2.75, 3.05) is 7.11 Å². The molecule has 5 heteroatoms. The van der Waals surface area contributed by atoms with Gasteiger partial charge in [-0.25, -0.2) is 5.43 Å². The predicted octanol–water partition coefficient (Wildman–Crippen LogP) is 3.06. The number of amides is 1. The Morgan fingerprint density at radius 2 is 2.05 bits per heavy atom. The Balaban J connectivity index is 2.03. The van der Waals surface area contributed by atoms with Crippen LogP contribution in [0.25, 0.3) is 0 Å². The van der Waals surface area contributed by atoms with Gasteiger partial charge in [-0.15, -0.1) is 0 Å². The van der Waals surface area contributed by atoms with Crippen molar-refractivity contribution in [1.82, 2.24) is 5.43 Å². The second kappa shape index (κ2) is 7.04. The second-order valence-electron chi connectivity index (χ2n) is 3.95. The summed E-state index contributed by atoms with van der Waals surface area (Å²) in [5.74, 6) is 0.366. The highest BCUT2D eigenvalue weighted by Gasteiger charge is 2.05. The molecule has 0 bridgehead atoms. The Hall–Kier alpha value is -1.89. The molecule has 1 N–H and O–H groups in total. The topological polar surface area (TPSA) is 50.7 Å². The van der Waals surface area contributed by atoms with Crippen molar-refractivity contribution in [3.63, 3.8) is 0 Å². The maximum atomic E-state index is 11.9. The molecule has 0 saturated heterocycles. The van der Waals surface area contributed by atoms with Gasteiger partial charge in [0.05, 0.1) is 13.3 Å². The standard InChI is InChI=1S/C15H13IN2O2/c1-20-13-7-4-6-11(9-13)15(19)18-17-10-12-5-2-3-8-14(12)16/h2-10H,1H3,(H,18,19). The third-order valence-electron chi connectivity index (χ3n) is 2.61. The first kappa shape index (κ1) is 14.5. The van der Waals surface area contributed by atoms with Gasteiger partial charge in [0.1, 0.15) is 5.75 Å². The number of hydrogen-bond acceptors (Lipinski definition) is 3. The fourth-order valence-corrected chi connectivity index (χ4v) is 2.10. The second-order valence-corrected chi connectivity index (χ2v) is 5.11. The van der Waals surface area contributed by atoms with Crippen molar-refractivity contribution >= 4 is 34.7 Å². The van der Waals surface area contributed by atoms with Crippen LogP contribution in [-0.4, -0.2) is 19.2 Å². The molecule has 0 aliphatic carbocycles. The minimum Gasteiger partial charge on any atom is -0.497 e. The fourth-order valence-electron chi connectivity index (χ4n) is 1.57. The first-order valence-electron chi connectivity index (χ1n) is 5.92. The average molecular weight is 380 g/mol. The zero-order valence-corrected chi connectivity index (χ0v) is 13.0. The lowest BCUT2D eigenvalue weighted by Gasteiger charge is -2.03. The minimum absolute atomic E-state index is 0.272. The number of nitrogens with zero attached hydrogens (tertiary/aromatic N) is 1. The van der Waals surface area contributed by atoms with Crippen molar-refractivity contribution in [2.24, 2.45) is 5.10 Å². The van der Waals surface area contributed by atoms with Crippen molar-refractivity contribution in [1.29, 1.82) is 0 Å². The summed E-state index contributed by atoms with van der Waals surface area (Å²) in [6.07, 6.45) is 1.62. The monoisotopic (exact) mass is 380 g/mol. The Morgan fingerprint density at radius 3 is 2.80 bits per heavy atom. The summed E-state index contributed by atoms with van der Waals surface area (Å²) in [7, 11) is 1.56. The molecule has 0 unspecified atom stereocenters. The summed E-state index contributed by atoms with van der Waals surface area (Å²) >= 11 is 2.22. The molecule has 0 spiro atoms. The molecule has 2 rings (SSSR count). The van der Waals surface area contributed by atoms with E-state index in [-0.39, 0.29) is 5.91 Å². The largest absolute Gasteiger partial charge is 0.497 e. The van der Waals surface area contributed by atoms with Gasteiger partial charge < -0.3 is 4.74 Å². The summed E-state index contributed by atoms with van der Waals surface area (Å²) in [6, 6.07) is 14.7. The van der Waals surface area contributed by atoms with E-state index < -0.39 is 0 Å². The zero-order valence-electron chi connectivity index (χ0n) is 10.8. The zero-order chi connectivity index (χ0) is 14.4. The molecule has 0 saturated carbocycles. The van der Waals surface area contributed by atoms with Gasteiger partial charge in [0, 0.05) is 14.7 Å². The number of benzene rings is 2. The lowest BCUT2D eigenvalue weighted by atomic mass is 10.2. The summed E-state index contributed by atoms with van der Waals surface area (Å²) < 4.78 is 6.15. The fraction of sp³-hybridized carbons (Fsp3) is 0.0667. The van der Waals surface area contributed by atoms with Crippen LogP contribution >= 0.6 is 22.6 Å². The van der Waals surface area contributed by atoms with Crippen molar-refractivity contribution in [2.45, 2.75) is 0 Å². The van der Waals surface area contributed by atoms with E-state index in [4.69, 9.17) is 4.74 Å². The molecule has 0 heterocycles. The van der Waals surface area contributed by atoms with Gasteiger partial charge >= 0.3 is 0 Å². The van der Waals surface area contributed by atoms with E-state index in [2.05, 4.69) is 33.1 Å². The predicted molar refractivity (Wildman–Crippen MR) is 87.2 cm³/mol. The van der Waals surface area contributed by atoms with Gasteiger partial charge in [0.25, 0.3) is 5.91 Å². The summed E-state index contributed by atoms with van der Waals surface area (Å²) in [6.45, 7) is 0. The van der Waals surface area contributed by atoms with Crippen LogP contribution in [-0.2, 0) is 0 Å². The van der Waals surface area contributed by atoms with E-state index in [1.165, 1.54) is 0 Å². The number of carbonyl (C=O) groups is 1. The Kier molecular flexibility index (Phi) is 5.11. The van der Waals surface area contributed by atoms with E-state index in [9.17, 15) is 4.79 Å². The molecule has 0 fully saturated rings. The highest BCUT2D eigenvalue weighted by atomic mass is 127. The van der Waals surface area contributed by atoms with Gasteiger partial charge in [-0.1, -0.05) is 24.3 Å². The molecule has 1 amide bonds. The highest BCUT2D eigenvalue weighted by Crippen LogP contribution is 2.12. The first-order valence-corrected chi connectivity index (χ1v) is 7.00. The molecule has 0 aliphatic heterocycles. The number of hydrazone groups is 1. The molecule has 4 nitrogen and oxygen atoms in total. The van der Waals surface area contributed by atoms with Crippen LogP contribution in [0.5, 0.6) is 5.75 Å². The maximum absolute atomic E-state index is 11.9. The van der Waals surface area contributed by atoms with Crippen LogP contribution in [0.4, 0.5) is 0 Å². The molecule has 2 aromatic rings. The number of methoxy groups -OCH3 is 1. The molecule has 102 valence electrons. The van der Waals surface area contributed by atoms with E-state index in [0.717, 1.165) is 9.13 Å². The van der Waals surface area contributed by atoms with Gasteiger partial charge in [0.15, 0.2) is 0 Å². The SMILES string of the molecule is COc1cccc(C(=O)NN=Cc2ccccc2I)c1. The number of ether oxygens (including phenoxy) is 1. The van der Waals surface area contributed by atoms with E-state index in [0.29, 0.717) is 11.3 Å². The van der Waals surface area contributed by atoms with Crippen LogP contribution in [0, 0.1) is 3.57 Å². The Morgan fingerprint density at radius 1 is 1.25 bits per heavy atom. The summed E-state index contributed by atoms with van der Waals surface area (Å²) in [5.41, 5.74) is 3.96. The first-order chi connectivity index (χ1) is 9.70. The van der Waals surface area contributed by atoms with E-state index in [1.807, 2.05) is 24.3 Å². The third kappa shape index (κ3) is 3.80. The molecule has 0 atom stereocenters. The van der Waals surface area contributed by atoms with Crippen molar-refractivity contribution in [3.8, 4) is 5.75 Å². The van der Waals surface area contributed by atoms with Crippen LogP contribution in [0.1, 0.15) is 15.9 Å². The van der Waals surface area contributed by atoms with Gasteiger partial charge in [-0.05, 0) is 46.9 Å². The highest BCUT2D eigenvalue weighted by molar-refractivity contribution is 14.1. The van der Waals surface area contributed by atoms with Crippen LogP contribution in [0.15, 0.2) is 53.6 Å². The van der Waals surface area contributed by atoms with Crippen LogP contribution in [0.3, 0.4) is 0 Å². The lowest BCUT2D eigenvalue weighted by molar-refractivity contribution is 0.0955. The maximum Gasteiger partial charge on any atom is 0.271 e. The third-order valence-corrected chi connectivity index (χ3v) is 3.59. The molecular formula is C15H13IN2O2. The van der Waals surface area contributed by atoms with Gasteiger partial charge in [-0.3, -0.25) is 4.79 Å². The molecule has 0 aromatic heterocycles. The molecule has 2 aromatic carbocycles. The van der Waals surface area contributed by atoms with Crippen LogP contribution in [0.2, 0.25) is 0 Å². The molecule has 0 aliphatic rings. The van der Waals surface area contributed by atoms with E-state index in [1.54, 1.807) is 37.6 Å². The Labute approximate surface area is 131 Å².